The molecule has 0 aliphatic carbocycles. The summed E-state index contributed by atoms with van der Waals surface area (Å²) in [4.78, 5) is 26.0. The van der Waals surface area contributed by atoms with Gasteiger partial charge in [-0.15, -0.1) is 0 Å². The average Bonchev–Trinajstić information content (AvgIpc) is 2.99. The second-order valence-corrected chi connectivity index (χ2v) is 6.67. The molecule has 3 rings (SSSR count). The van der Waals surface area contributed by atoms with Crippen LogP contribution in [-0.2, 0) is 11.0 Å². The van der Waals surface area contributed by atoms with Crippen LogP contribution in [0.4, 0.5) is 23.7 Å². The molecule has 0 radical (unpaired) electrons. The maximum atomic E-state index is 13.3. The van der Waals surface area contributed by atoms with Crippen LogP contribution in [0, 0.1) is 6.57 Å². The second-order valence-electron chi connectivity index (χ2n) is 5.65. The molecule has 1 heterocycles. The Morgan fingerprint density at radius 2 is 1.83 bits per heavy atom. The summed E-state index contributed by atoms with van der Waals surface area (Å²) in [7, 11) is 1.31. The number of imide groups is 1. The van der Waals surface area contributed by atoms with Crippen LogP contribution in [0.2, 0.25) is 0 Å². The highest BCUT2D eigenvalue weighted by Gasteiger charge is 2.35. The first-order chi connectivity index (χ1) is 13.7. The van der Waals surface area contributed by atoms with E-state index in [4.69, 9.17) is 16.0 Å². The van der Waals surface area contributed by atoms with Gasteiger partial charge in [0.25, 0.3) is 11.1 Å². The zero-order valence-corrected chi connectivity index (χ0v) is 15.5. The van der Waals surface area contributed by atoms with Gasteiger partial charge >= 0.3 is 6.18 Å². The third-order valence-corrected chi connectivity index (χ3v) is 4.56. The lowest BCUT2D eigenvalue weighted by molar-refractivity contribution is -0.138. The van der Waals surface area contributed by atoms with Crippen LogP contribution in [-0.4, -0.2) is 18.3 Å². The summed E-state index contributed by atoms with van der Waals surface area (Å²) in [6.07, 6.45) is -3.27. The van der Waals surface area contributed by atoms with Gasteiger partial charge in [-0.05, 0) is 47.7 Å². The molecule has 148 valence electrons. The Morgan fingerprint density at radius 1 is 1.10 bits per heavy atom. The van der Waals surface area contributed by atoms with Crippen molar-refractivity contribution < 1.29 is 32.2 Å². The number of thioether (sulfide) groups is 1. The van der Waals surface area contributed by atoms with Crippen LogP contribution in [0.3, 0.4) is 0 Å². The number of rotatable bonds is 4. The summed E-state index contributed by atoms with van der Waals surface area (Å²) >= 11 is 0.737. The number of benzene rings is 2. The summed E-state index contributed by atoms with van der Waals surface area (Å²) < 4.78 is 50.6. The van der Waals surface area contributed by atoms with Crippen molar-refractivity contribution in [2.45, 2.75) is 6.18 Å². The minimum Gasteiger partial charge on any atom is -0.493 e. The predicted octanol–water partition coefficient (Wildman–Crippen LogP) is 5.38. The van der Waals surface area contributed by atoms with Gasteiger partial charge < -0.3 is 9.47 Å². The van der Waals surface area contributed by atoms with E-state index in [1.165, 1.54) is 37.5 Å². The molecule has 2 amide bonds. The van der Waals surface area contributed by atoms with Crippen LogP contribution in [0.5, 0.6) is 17.2 Å². The maximum Gasteiger partial charge on any atom is 0.418 e. The van der Waals surface area contributed by atoms with Crippen LogP contribution >= 0.6 is 11.8 Å². The average molecular weight is 420 g/mol. The number of hydrogen-bond acceptors (Lipinski definition) is 5. The minimum absolute atomic E-state index is 0.00955. The number of halogens is 3. The Bertz CT molecular complexity index is 1070. The first kappa shape index (κ1) is 20.3. The van der Waals surface area contributed by atoms with Gasteiger partial charge in [-0.1, -0.05) is 12.1 Å². The molecule has 0 aromatic heterocycles. The second kappa shape index (κ2) is 7.89. The van der Waals surface area contributed by atoms with Gasteiger partial charge in [-0.3, -0.25) is 14.9 Å². The largest absolute Gasteiger partial charge is 0.493 e. The van der Waals surface area contributed by atoms with Crippen molar-refractivity contribution in [3.05, 3.63) is 63.8 Å². The van der Waals surface area contributed by atoms with Crippen molar-refractivity contribution in [1.82, 2.24) is 5.32 Å². The SMILES string of the molecule is [C-]#[N+]c1ccc(Oc2ccc(/C=C3\SC(=O)NC3=O)cc2OC)c(C(F)(F)F)c1. The minimum atomic E-state index is -4.72. The van der Waals surface area contributed by atoms with Gasteiger partial charge in [-0.25, -0.2) is 4.85 Å². The molecule has 29 heavy (non-hydrogen) atoms. The standard InChI is InChI=1S/C19H11F3N2O4S/c1-23-11-4-6-13(12(9-11)19(20,21)22)28-14-5-3-10(7-15(14)27-2)8-16-17(25)24-18(26)29-16/h3-9H,2H3,(H,24,25,26)/b16-8-. The number of alkyl halides is 3. The molecular weight excluding hydrogens is 409 g/mol. The molecule has 0 bridgehead atoms. The lowest BCUT2D eigenvalue weighted by atomic mass is 10.1. The third kappa shape index (κ3) is 4.52. The highest BCUT2D eigenvalue weighted by molar-refractivity contribution is 8.18. The monoisotopic (exact) mass is 420 g/mol. The van der Waals surface area contributed by atoms with E-state index in [1.54, 1.807) is 0 Å². The lowest BCUT2D eigenvalue weighted by Crippen LogP contribution is -2.17. The first-order valence-corrected chi connectivity index (χ1v) is 8.72. The molecule has 1 fully saturated rings. The molecular formula is C19H11F3N2O4S. The molecule has 1 N–H and O–H groups in total. The quantitative estimate of drug-likeness (QED) is 0.531. The van der Waals surface area contributed by atoms with E-state index < -0.39 is 28.6 Å². The van der Waals surface area contributed by atoms with E-state index in [9.17, 15) is 22.8 Å². The van der Waals surface area contributed by atoms with E-state index >= 15 is 0 Å². The normalized spacial score (nSPS) is 15.2. The number of amides is 2. The predicted molar refractivity (Wildman–Crippen MR) is 99.9 cm³/mol. The molecule has 1 aliphatic heterocycles. The van der Waals surface area contributed by atoms with Gasteiger partial charge in [0.2, 0.25) is 0 Å². The van der Waals surface area contributed by atoms with Gasteiger partial charge in [0.05, 0.1) is 24.2 Å². The zero-order valence-electron chi connectivity index (χ0n) is 14.7. The van der Waals surface area contributed by atoms with Crippen molar-refractivity contribution in [3.8, 4) is 17.2 Å². The Hall–Kier alpha value is -3.45. The van der Waals surface area contributed by atoms with Crippen molar-refractivity contribution in [2.75, 3.05) is 7.11 Å². The number of nitrogens with one attached hydrogen (secondary N) is 1. The van der Waals surface area contributed by atoms with E-state index in [0.29, 0.717) is 11.6 Å². The van der Waals surface area contributed by atoms with Crippen LogP contribution < -0.4 is 14.8 Å². The Labute approximate surface area is 167 Å². The fourth-order valence-electron chi connectivity index (χ4n) is 2.45. The van der Waals surface area contributed by atoms with Crippen molar-refractivity contribution in [2.24, 2.45) is 0 Å². The van der Waals surface area contributed by atoms with Crippen molar-refractivity contribution in [1.29, 1.82) is 0 Å². The lowest BCUT2D eigenvalue weighted by Gasteiger charge is -2.16. The number of carbonyl (C=O) groups excluding carboxylic acids is 2. The Kier molecular flexibility index (Phi) is 5.52. The van der Waals surface area contributed by atoms with Crippen molar-refractivity contribution in [3.63, 3.8) is 0 Å². The van der Waals surface area contributed by atoms with E-state index in [2.05, 4.69) is 10.2 Å². The van der Waals surface area contributed by atoms with E-state index in [0.717, 1.165) is 17.8 Å². The zero-order chi connectivity index (χ0) is 21.2. The molecule has 0 saturated carbocycles. The molecule has 0 atom stereocenters. The molecule has 10 heteroatoms. The molecule has 2 aromatic rings. The fraction of sp³-hybridized carbons (Fsp3) is 0.105. The summed E-state index contributed by atoms with van der Waals surface area (Å²) in [6.45, 7) is 6.88. The summed E-state index contributed by atoms with van der Waals surface area (Å²) in [5.74, 6) is -0.883. The molecule has 0 unspecified atom stereocenters. The number of ether oxygens (including phenoxy) is 2. The number of carbonyl (C=O) groups is 2. The summed E-state index contributed by atoms with van der Waals surface area (Å²) in [5, 5.41) is 1.63. The summed E-state index contributed by atoms with van der Waals surface area (Å²) in [6, 6.07) is 7.34. The number of nitrogens with zero attached hydrogens (tertiary/aromatic N) is 1. The van der Waals surface area contributed by atoms with Crippen LogP contribution in [0.25, 0.3) is 10.9 Å². The smallest absolute Gasteiger partial charge is 0.418 e. The highest BCUT2D eigenvalue weighted by atomic mass is 32.2. The highest BCUT2D eigenvalue weighted by Crippen LogP contribution is 2.42. The van der Waals surface area contributed by atoms with Gasteiger partial charge in [0, 0.05) is 0 Å². The van der Waals surface area contributed by atoms with Crippen molar-refractivity contribution >= 4 is 34.7 Å². The molecule has 1 saturated heterocycles. The Balaban J connectivity index is 1.95. The van der Waals surface area contributed by atoms with Crippen LogP contribution in [0.1, 0.15) is 11.1 Å². The maximum absolute atomic E-state index is 13.3. The number of hydrogen-bond donors (Lipinski definition) is 1. The summed E-state index contributed by atoms with van der Waals surface area (Å²) in [5.41, 5.74) is -0.766. The van der Waals surface area contributed by atoms with Crippen LogP contribution in [0.15, 0.2) is 41.3 Å². The van der Waals surface area contributed by atoms with E-state index in [1.807, 2.05) is 0 Å². The fourth-order valence-corrected chi connectivity index (χ4v) is 3.13. The topological polar surface area (TPSA) is 69.0 Å². The van der Waals surface area contributed by atoms with E-state index in [-0.39, 0.29) is 22.1 Å². The molecule has 1 aliphatic rings. The molecule has 6 nitrogen and oxygen atoms in total. The first-order valence-electron chi connectivity index (χ1n) is 7.90. The van der Waals surface area contributed by atoms with Gasteiger partial charge in [0.15, 0.2) is 17.2 Å². The molecule has 2 aromatic carbocycles. The van der Waals surface area contributed by atoms with Gasteiger partial charge in [0.1, 0.15) is 5.75 Å². The molecule has 0 spiro atoms. The van der Waals surface area contributed by atoms with Gasteiger partial charge in [-0.2, -0.15) is 13.2 Å². The Morgan fingerprint density at radius 3 is 2.41 bits per heavy atom. The third-order valence-electron chi connectivity index (χ3n) is 3.75. The number of methoxy groups -OCH3 is 1.